The van der Waals surface area contributed by atoms with Crippen molar-refractivity contribution in [1.82, 2.24) is 0 Å². The van der Waals surface area contributed by atoms with E-state index >= 15 is 0 Å². The number of benzene rings is 1. The highest BCUT2D eigenvalue weighted by molar-refractivity contribution is 6.33. The molecule has 1 N–H and O–H groups in total. The maximum atomic E-state index is 9.53. The van der Waals surface area contributed by atoms with Crippen molar-refractivity contribution in [3.05, 3.63) is 22.2 Å². The summed E-state index contributed by atoms with van der Waals surface area (Å²) in [6.45, 7) is 6.03. The quantitative estimate of drug-likeness (QED) is 0.895. The van der Waals surface area contributed by atoms with Crippen molar-refractivity contribution in [2.24, 2.45) is 0 Å². The van der Waals surface area contributed by atoms with Gasteiger partial charge in [-0.2, -0.15) is 0 Å². The fraction of sp³-hybridized carbons (Fsp3) is 0.571. The molecule has 0 fully saturated rings. The average Bonchev–Trinajstić information content (AvgIpc) is 2.37. The molecule has 0 aromatic heterocycles. The molecule has 0 unspecified atom stereocenters. The van der Waals surface area contributed by atoms with Crippen LogP contribution in [0.3, 0.4) is 0 Å². The van der Waals surface area contributed by atoms with Gasteiger partial charge in [-0.1, -0.05) is 32.4 Å². The van der Waals surface area contributed by atoms with Crippen LogP contribution in [0.2, 0.25) is 5.02 Å². The van der Waals surface area contributed by atoms with Gasteiger partial charge in [-0.05, 0) is 23.6 Å². The summed E-state index contributed by atoms with van der Waals surface area (Å²) in [5.41, 5.74) is 1.62. The van der Waals surface area contributed by atoms with E-state index in [4.69, 9.17) is 21.1 Å². The fourth-order valence-electron chi connectivity index (χ4n) is 2.02. The topological polar surface area (TPSA) is 38.7 Å². The first-order valence-corrected chi connectivity index (χ1v) is 6.35. The van der Waals surface area contributed by atoms with E-state index in [0.717, 1.165) is 17.5 Å². The summed E-state index contributed by atoms with van der Waals surface area (Å²) >= 11 is 6.37. The third-order valence-corrected chi connectivity index (χ3v) is 3.59. The van der Waals surface area contributed by atoms with Gasteiger partial charge in [0.15, 0.2) is 11.5 Å². The summed E-state index contributed by atoms with van der Waals surface area (Å²) in [4.78, 5) is 0. The second-order valence-corrected chi connectivity index (χ2v) is 5.23. The highest BCUT2D eigenvalue weighted by atomic mass is 35.5. The van der Waals surface area contributed by atoms with Crippen molar-refractivity contribution in [1.29, 1.82) is 0 Å². The third-order valence-electron chi connectivity index (χ3n) is 3.19. The van der Waals surface area contributed by atoms with Gasteiger partial charge >= 0.3 is 0 Å². The minimum Gasteiger partial charge on any atom is -0.493 e. The van der Waals surface area contributed by atoms with Crippen LogP contribution in [0, 0.1) is 0 Å². The zero-order valence-corrected chi connectivity index (χ0v) is 12.4. The Bertz CT molecular complexity index is 428. The lowest BCUT2D eigenvalue weighted by molar-refractivity contribution is 0.217. The lowest BCUT2D eigenvalue weighted by Gasteiger charge is -2.27. The third kappa shape index (κ3) is 2.57. The van der Waals surface area contributed by atoms with E-state index < -0.39 is 0 Å². The van der Waals surface area contributed by atoms with Crippen LogP contribution in [0.25, 0.3) is 0 Å². The van der Waals surface area contributed by atoms with E-state index in [1.807, 2.05) is 26.8 Å². The predicted molar refractivity (Wildman–Crippen MR) is 74.0 cm³/mol. The summed E-state index contributed by atoms with van der Waals surface area (Å²) in [6, 6.07) is 1.90. The molecule has 0 atom stereocenters. The van der Waals surface area contributed by atoms with Crippen molar-refractivity contribution >= 4 is 11.6 Å². The zero-order chi connectivity index (χ0) is 13.9. The summed E-state index contributed by atoms with van der Waals surface area (Å²) < 4.78 is 10.6. The Hall–Kier alpha value is -0.930. The van der Waals surface area contributed by atoms with Crippen LogP contribution >= 0.6 is 11.6 Å². The fourth-order valence-corrected chi connectivity index (χ4v) is 2.43. The van der Waals surface area contributed by atoms with E-state index in [-0.39, 0.29) is 12.0 Å². The molecule has 1 aromatic carbocycles. The van der Waals surface area contributed by atoms with Crippen molar-refractivity contribution in [3.63, 3.8) is 0 Å². The van der Waals surface area contributed by atoms with Gasteiger partial charge in [-0.15, -0.1) is 0 Å². The molecule has 0 spiro atoms. The molecule has 0 radical (unpaired) electrons. The molecule has 0 bridgehead atoms. The number of ether oxygens (including phenoxy) is 2. The van der Waals surface area contributed by atoms with Crippen LogP contribution in [0.4, 0.5) is 0 Å². The van der Waals surface area contributed by atoms with Crippen molar-refractivity contribution in [2.45, 2.75) is 32.6 Å². The molecule has 4 heteroatoms. The van der Waals surface area contributed by atoms with E-state index in [9.17, 15) is 5.11 Å². The van der Waals surface area contributed by atoms with Crippen molar-refractivity contribution in [2.75, 3.05) is 20.8 Å². The van der Waals surface area contributed by atoms with Crippen LogP contribution in [0.1, 0.15) is 31.9 Å². The Labute approximate surface area is 114 Å². The van der Waals surface area contributed by atoms with Crippen molar-refractivity contribution in [3.8, 4) is 11.5 Å². The van der Waals surface area contributed by atoms with Crippen LogP contribution < -0.4 is 9.47 Å². The summed E-state index contributed by atoms with van der Waals surface area (Å²) in [5, 5.41) is 10.1. The van der Waals surface area contributed by atoms with Gasteiger partial charge in [0, 0.05) is 5.41 Å². The first kappa shape index (κ1) is 15.1. The lowest BCUT2D eigenvalue weighted by atomic mass is 9.81. The highest BCUT2D eigenvalue weighted by Crippen LogP contribution is 2.43. The van der Waals surface area contributed by atoms with Gasteiger partial charge in [0.25, 0.3) is 0 Å². The number of methoxy groups -OCH3 is 2. The molecular formula is C14H21ClO3. The van der Waals surface area contributed by atoms with Gasteiger partial charge in [0.1, 0.15) is 0 Å². The molecule has 0 saturated heterocycles. The number of halogens is 1. The first-order valence-electron chi connectivity index (χ1n) is 5.97. The molecule has 102 valence electrons. The second kappa shape index (κ2) is 5.81. The molecule has 0 saturated carbocycles. The maximum Gasteiger partial charge on any atom is 0.179 e. The molecule has 0 aliphatic heterocycles. The van der Waals surface area contributed by atoms with E-state index in [1.54, 1.807) is 14.2 Å². The summed E-state index contributed by atoms with van der Waals surface area (Å²) in [5.74, 6) is 1.14. The number of rotatable bonds is 5. The molecular weight excluding hydrogens is 252 g/mol. The Morgan fingerprint density at radius 2 is 1.89 bits per heavy atom. The van der Waals surface area contributed by atoms with Crippen LogP contribution in [-0.4, -0.2) is 25.9 Å². The molecule has 1 aromatic rings. The Kier molecular flexibility index (Phi) is 4.88. The van der Waals surface area contributed by atoms with Crippen LogP contribution in [0.15, 0.2) is 6.07 Å². The standard InChI is InChI=1S/C14H21ClO3/c1-6-9-10(14(2,3)8-16)7-11(17-4)13(18-5)12(9)15/h7,16H,6,8H2,1-5H3. The van der Waals surface area contributed by atoms with Gasteiger partial charge in [0.2, 0.25) is 0 Å². The normalized spacial score (nSPS) is 11.5. The Morgan fingerprint density at radius 1 is 1.28 bits per heavy atom. The van der Waals surface area contributed by atoms with Gasteiger partial charge in [-0.25, -0.2) is 0 Å². The minimum absolute atomic E-state index is 0.0474. The highest BCUT2D eigenvalue weighted by Gasteiger charge is 2.27. The van der Waals surface area contributed by atoms with E-state index in [0.29, 0.717) is 16.5 Å². The first-order chi connectivity index (χ1) is 8.42. The molecule has 0 amide bonds. The number of aliphatic hydroxyl groups is 1. The lowest BCUT2D eigenvalue weighted by Crippen LogP contribution is -2.24. The molecule has 0 aliphatic rings. The van der Waals surface area contributed by atoms with Gasteiger partial charge in [-0.3, -0.25) is 0 Å². The Balaban J connectivity index is 3.57. The number of aliphatic hydroxyl groups excluding tert-OH is 1. The van der Waals surface area contributed by atoms with Gasteiger partial charge in [0.05, 0.1) is 25.8 Å². The van der Waals surface area contributed by atoms with E-state index in [1.165, 1.54) is 0 Å². The van der Waals surface area contributed by atoms with E-state index in [2.05, 4.69) is 0 Å². The molecule has 3 nitrogen and oxygen atoms in total. The van der Waals surface area contributed by atoms with Crippen LogP contribution in [-0.2, 0) is 11.8 Å². The minimum atomic E-state index is -0.367. The van der Waals surface area contributed by atoms with Crippen LogP contribution in [0.5, 0.6) is 11.5 Å². The van der Waals surface area contributed by atoms with Gasteiger partial charge < -0.3 is 14.6 Å². The molecule has 0 heterocycles. The Morgan fingerprint density at radius 3 is 2.28 bits per heavy atom. The molecule has 0 aliphatic carbocycles. The second-order valence-electron chi connectivity index (χ2n) is 4.85. The number of hydrogen-bond acceptors (Lipinski definition) is 3. The maximum absolute atomic E-state index is 9.53. The average molecular weight is 273 g/mol. The summed E-state index contributed by atoms with van der Waals surface area (Å²) in [6.07, 6.45) is 0.776. The number of hydrogen-bond donors (Lipinski definition) is 1. The summed E-state index contributed by atoms with van der Waals surface area (Å²) in [7, 11) is 3.15. The predicted octanol–water partition coefficient (Wildman–Crippen LogP) is 3.19. The monoisotopic (exact) mass is 272 g/mol. The molecule has 1 rings (SSSR count). The molecule has 18 heavy (non-hydrogen) atoms. The van der Waals surface area contributed by atoms with Crippen molar-refractivity contribution < 1.29 is 14.6 Å². The largest absolute Gasteiger partial charge is 0.493 e. The SMILES string of the molecule is CCc1c(C(C)(C)CO)cc(OC)c(OC)c1Cl. The smallest absolute Gasteiger partial charge is 0.179 e. The zero-order valence-electron chi connectivity index (χ0n) is 11.6.